The van der Waals surface area contributed by atoms with Crippen molar-refractivity contribution in [2.75, 3.05) is 6.54 Å². The number of carbonyl (C=O) groups is 1. The number of benzene rings is 1. The Kier molecular flexibility index (Phi) is 4.70. The first-order chi connectivity index (χ1) is 8.66. The molecule has 2 atom stereocenters. The number of hydrogen-bond acceptors (Lipinski definition) is 2. The summed E-state index contributed by atoms with van der Waals surface area (Å²) in [5.74, 6) is 1.39. The molecule has 1 fully saturated rings. The third-order valence-corrected chi connectivity index (χ3v) is 4.20. The summed E-state index contributed by atoms with van der Waals surface area (Å²) >= 11 is 4.25. The van der Waals surface area contributed by atoms with Crippen LogP contribution in [0.2, 0.25) is 0 Å². The van der Waals surface area contributed by atoms with Gasteiger partial charge in [0, 0.05) is 17.0 Å². The predicted octanol–water partition coefficient (Wildman–Crippen LogP) is 3.53. The summed E-state index contributed by atoms with van der Waals surface area (Å²) < 4.78 is 0. The molecule has 1 aromatic carbocycles. The van der Waals surface area contributed by atoms with E-state index in [-0.39, 0.29) is 5.91 Å². The van der Waals surface area contributed by atoms with Gasteiger partial charge in [0.1, 0.15) is 0 Å². The third-order valence-electron chi connectivity index (χ3n) is 3.92. The van der Waals surface area contributed by atoms with Crippen LogP contribution in [0, 0.1) is 11.8 Å². The highest BCUT2D eigenvalue weighted by Gasteiger charge is 2.21. The van der Waals surface area contributed by atoms with E-state index in [1.807, 2.05) is 24.3 Å². The molecule has 3 heteroatoms. The normalized spacial score (nSPS) is 23.7. The minimum Gasteiger partial charge on any atom is -0.352 e. The number of nitrogens with one attached hydrogen (secondary N) is 1. The predicted molar refractivity (Wildman–Crippen MR) is 77.1 cm³/mol. The molecular weight excluding hydrogens is 242 g/mol. The standard InChI is InChI=1S/C15H21NOS/c1-11-5-2-3-6-13(11)10-16-15(17)12-7-4-8-14(18)9-12/h4,7-9,11,13,18H,2-3,5-6,10H2,1H3,(H,16,17). The van der Waals surface area contributed by atoms with Gasteiger partial charge in [-0.1, -0.05) is 32.3 Å². The highest BCUT2D eigenvalue weighted by molar-refractivity contribution is 7.80. The van der Waals surface area contributed by atoms with E-state index in [1.165, 1.54) is 25.7 Å². The molecule has 1 aromatic rings. The van der Waals surface area contributed by atoms with Crippen molar-refractivity contribution in [3.8, 4) is 0 Å². The zero-order valence-corrected chi connectivity index (χ0v) is 11.7. The van der Waals surface area contributed by atoms with E-state index in [0.29, 0.717) is 11.5 Å². The molecule has 1 saturated carbocycles. The maximum atomic E-state index is 12.0. The first-order valence-electron chi connectivity index (χ1n) is 6.74. The largest absolute Gasteiger partial charge is 0.352 e. The van der Waals surface area contributed by atoms with Crippen LogP contribution in [0.3, 0.4) is 0 Å². The highest BCUT2D eigenvalue weighted by Crippen LogP contribution is 2.28. The lowest BCUT2D eigenvalue weighted by molar-refractivity contribution is 0.0936. The molecule has 2 rings (SSSR count). The molecule has 2 nitrogen and oxygen atoms in total. The van der Waals surface area contributed by atoms with Crippen molar-refractivity contribution in [2.45, 2.75) is 37.5 Å². The summed E-state index contributed by atoms with van der Waals surface area (Å²) in [4.78, 5) is 12.8. The van der Waals surface area contributed by atoms with Crippen LogP contribution < -0.4 is 5.32 Å². The molecule has 98 valence electrons. The monoisotopic (exact) mass is 263 g/mol. The SMILES string of the molecule is CC1CCCCC1CNC(=O)c1cccc(S)c1. The topological polar surface area (TPSA) is 29.1 Å². The quantitative estimate of drug-likeness (QED) is 0.803. The van der Waals surface area contributed by atoms with E-state index in [1.54, 1.807) is 0 Å². The second-order valence-electron chi connectivity index (χ2n) is 5.28. The summed E-state index contributed by atoms with van der Waals surface area (Å²) in [6, 6.07) is 7.38. The summed E-state index contributed by atoms with van der Waals surface area (Å²) in [5, 5.41) is 3.05. The van der Waals surface area contributed by atoms with Crippen molar-refractivity contribution in [3.63, 3.8) is 0 Å². The third kappa shape index (κ3) is 3.52. The van der Waals surface area contributed by atoms with Gasteiger partial charge >= 0.3 is 0 Å². The van der Waals surface area contributed by atoms with Crippen molar-refractivity contribution >= 4 is 18.5 Å². The molecule has 1 amide bonds. The summed E-state index contributed by atoms with van der Waals surface area (Å²) in [6.45, 7) is 3.10. The number of hydrogen-bond donors (Lipinski definition) is 2. The van der Waals surface area contributed by atoms with Gasteiger partial charge in [-0.3, -0.25) is 4.79 Å². The molecule has 0 radical (unpaired) electrons. The smallest absolute Gasteiger partial charge is 0.251 e. The molecule has 2 unspecified atom stereocenters. The van der Waals surface area contributed by atoms with Gasteiger partial charge in [-0.15, -0.1) is 12.6 Å². The minimum atomic E-state index is 0.0173. The molecule has 0 aromatic heterocycles. The molecule has 0 bridgehead atoms. The highest BCUT2D eigenvalue weighted by atomic mass is 32.1. The van der Waals surface area contributed by atoms with Gasteiger partial charge in [0.2, 0.25) is 0 Å². The van der Waals surface area contributed by atoms with Gasteiger partial charge in [-0.2, -0.15) is 0 Å². The van der Waals surface area contributed by atoms with Gasteiger partial charge in [0.15, 0.2) is 0 Å². The number of rotatable bonds is 3. The summed E-state index contributed by atoms with van der Waals surface area (Å²) in [7, 11) is 0. The Morgan fingerprint density at radius 2 is 2.17 bits per heavy atom. The van der Waals surface area contributed by atoms with Crippen LogP contribution in [0.5, 0.6) is 0 Å². The van der Waals surface area contributed by atoms with Crippen LogP contribution in [0.4, 0.5) is 0 Å². The van der Waals surface area contributed by atoms with E-state index >= 15 is 0 Å². The molecule has 1 aliphatic carbocycles. The van der Waals surface area contributed by atoms with Crippen LogP contribution >= 0.6 is 12.6 Å². The second kappa shape index (κ2) is 6.28. The maximum Gasteiger partial charge on any atom is 0.251 e. The Labute approximate surface area is 115 Å². The molecule has 18 heavy (non-hydrogen) atoms. The van der Waals surface area contributed by atoms with Crippen molar-refractivity contribution < 1.29 is 4.79 Å². The average molecular weight is 263 g/mol. The van der Waals surface area contributed by atoms with Crippen LogP contribution in [0.25, 0.3) is 0 Å². The van der Waals surface area contributed by atoms with E-state index in [4.69, 9.17) is 0 Å². The summed E-state index contributed by atoms with van der Waals surface area (Å²) in [5.41, 5.74) is 0.700. The Balaban J connectivity index is 1.88. The zero-order valence-electron chi connectivity index (χ0n) is 10.9. The Hall–Kier alpha value is -0.960. The van der Waals surface area contributed by atoms with E-state index in [2.05, 4.69) is 24.9 Å². The lowest BCUT2D eigenvalue weighted by atomic mass is 9.80. The fourth-order valence-electron chi connectivity index (χ4n) is 2.67. The lowest BCUT2D eigenvalue weighted by Gasteiger charge is -2.28. The van der Waals surface area contributed by atoms with Crippen molar-refractivity contribution in [1.29, 1.82) is 0 Å². The first-order valence-corrected chi connectivity index (χ1v) is 7.19. The van der Waals surface area contributed by atoms with Crippen LogP contribution in [0.15, 0.2) is 29.2 Å². The second-order valence-corrected chi connectivity index (χ2v) is 5.80. The molecule has 0 heterocycles. The van der Waals surface area contributed by atoms with E-state index in [0.717, 1.165) is 17.4 Å². The fourth-order valence-corrected chi connectivity index (χ4v) is 2.89. The Bertz CT molecular complexity index is 419. The van der Waals surface area contributed by atoms with Crippen molar-refractivity contribution in [1.82, 2.24) is 5.32 Å². The molecule has 1 aliphatic rings. The molecule has 1 N–H and O–H groups in total. The lowest BCUT2D eigenvalue weighted by Crippen LogP contribution is -2.33. The van der Waals surface area contributed by atoms with Crippen LogP contribution in [-0.2, 0) is 0 Å². The average Bonchev–Trinajstić information content (AvgIpc) is 2.37. The zero-order chi connectivity index (χ0) is 13.0. The van der Waals surface area contributed by atoms with Gasteiger partial charge < -0.3 is 5.32 Å². The van der Waals surface area contributed by atoms with E-state index in [9.17, 15) is 4.79 Å². The summed E-state index contributed by atoms with van der Waals surface area (Å²) in [6.07, 6.45) is 5.19. The van der Waals surface area contributed by atoms with E-state index < -0.39 is 0 Å². The first kappa shape index (κ1) is 13.5. The number of thiol groups is 1. The molecule has 0 aliphatic heterocycles. The minimum absolute atomic E-state index is 0.0173. The van der Waals surface area contributed by atoms with Gasteiger partial charge in [0.25, 0.3) is 5.91 Å². The van der Waals surface area contributed by atoms with Crippen molar-refractivity contribution in [2.24, 2.45) is 11.8 Å². The molecular formula is C15H21NOS. The Morgan fingerprint density at radius 3 is 2.89 bits per heavy atom. The van der Waals surface area contributed by atoms with Gasteiger partial charge in [-0.05, 0) is 36.5 Å². The van der Waals surface area contributed by atoms with Crippen molar-refractivity contribution in [3.05, 3.63) is 29.8 Å². The van der Waals surface area contributed by atoms with Crippen LogP contribution in [0.1, 0.15) is 43.0 Å². The number of amides is 1. The molecule has 0 saturated heterocycles. The fraction of sp³-hybridized carbons (Fsp3) is 0.533. The number of carbonyl (C=O) groups excluding carboxylic acids is 1. The van der Waals surface area contributed by atoms with Crippen LogP contribution in [-0.4, -0.2) is 12.5 Å². The van der Waals surface area contributed by atoms with Gasteiger partial charge in [-0.25, -0.2) is 0 Å². The maximum absolute atomic E-state index is 12.0. The van der Waals surface area contributed by atoms with Gasteiger partial charge in [0.05, 0.1) is 0 Å². The molecule has 0 spiro atoms. The Morgan fingerprint density at radius 1 is 1.39 bits per heavy atom.